The maximum atomic E-state index is 10.9. The predicted octanol–water partition coefficient (Wildman–Crippen LogP) is 1.27. The van der Waals surface area contributed by atoms with Crippen LogP contribution >= 0.6 is 0 Å². The third kappa shape index (κ3) is 4.01. The number of hydrogen-bond acceptors (Lipinski definition) is 2. The zero-order chi connectivity index (χ0) is 11.3. The summed E-state index contributed by atoms with van der Waals surface area (Å²) in [6.07, 6.45) is 0.746. The molecule has 4 heteroatoms. The molecule has 15 heavy (non-hydrogen) atoms. The van der Waals surface area contributed by atoms with E-state index in [1.165, 1.54) is 4.31 Å². The van der Waals surface area contributed by atoms with E-state index in [-0.39, 0.29) is 6.04 Å². The summed E-state index contributed by atoms with van der Waals surface area (Å²) in [5.41, 5.74) is 1.14. The van der Waals surface area contributed by atoms with E-state index in [2.05, 4.69) is 6.07 Å². The molecule has 0 saturated heterocycles. The summed E-state index contributed by atoms with van der Waals surface area (Å²) in [5, 5.41) is 0. The molecule has 0 heterocycles. The number of rotatable bonds is 5. The van der Waals surface area contributed by atoms with Gasteiger partial charge in [0.05, 0.1) is 0 Å². The van der Waals surface area contributed by atoms with Crippen molar-refractivity contribution in [3.8, 4) is 0 Å². The van der Waals surface area contributed by atoms with Crippen molar-refractivity contribution < 1.29 is 8.42 Å². The minimum atomic E-state index is -2.47. The number of benzene rings is 1. The Morgan fingerprint density at radius 2 is 1.93 bits per heavy atom. The van der Waals surface area contributed by atoms with Gasteiger partial charge in [0.2, 0.25) is 10.9 Å². The predicted molar refractivity (Wildman–Crippen MR) is 61.1 cm³/mol. The lowest BCUT2D eigenvalue weighted by atomic mass is 10.1. The van der Waals surface area contributed by atoms with Crippen LogP contribution in [-0.4, -0.2) is 25.3 Å². The Bertz CT molecular complexity index is 352. The maximum Gasteiger partial charge on any atom is 0.204 e. The molecule has 0 fully saturated rings. The fourth-order valence-corrected chi connectivity index (χ4v) is 2.00. The number of thiol groups is 1. The minimum Gasteiger partial charge on any atom is -0.215 e. The number of hydrogen-bond donors (Lipinski definition) is 1. The van der Waals surface area contributed by atoms with Crippen LogP contribution in [0.3, 0.4) is 0 Å². The highest BCUT2D eigenvalue weighted by atomic mass is 32.2. The van der Waals surface area contributed by atoms with Crippen molar-refractivity contribution in [2.45, 2.75) is 26.3 Å². The summed E-state index contributed by atoms with van der Waals surface area (Å²) < 4.78 is 23.3. The molecule has 3 nitrogen and oxygen atoms in total. The summed E-state index contributed by atoms with van der Waals surface area (Å²) in [4.78, 5) is 0. The van der Waals surface area contributed by atoms with Crippen LogP contribution in [0.15, 0.2) is 24.3 Å². The van der Waals surface area contributed by atoms with Crippen molar-refractivity contribution in [3.05, 3.63) is 35.9 Å². The summed E-state index contributed by atoms with van der Waals surface area (Å²) in [6, 6.07) is 10.6. The molecule has 0 aromatic heterocycles. The third-order valence-corrected chi connectivity index (χ3v) is 3.30. The summed E-state index contributed by atoms with van der Waals surface area (Å²) in [6.45, 7) is 4.30. The molecule has 0 unspecified atom stereocenters. The molecular weight excluding hydrogens is 210 g/mol. The highest BCUT2D eigenvalue weighted by Crippen LogP contribution is 2.04. The smallest absolute Gasteiger partial charge is 0.204 e. The van der Waals surface area contributed by atoms with Gasteiger partial charge in [-0.05, 0) is 31.9 Å². The highest BCUT2D eigenvalue weighted by molar-refractivity contribution is 7.69. The molecule has 1 rings (SSSR count). The van der Waals surface area contributed by atoms with Gasteiger partial charge in [0, 0.05) is 12.6 Å². The minimum absolute atomic E-state index is 0.0291. The Morgan fingerprint density at radius 1 is 1.33 bits per heavy atom. The van der Waals surface area contributed by atoms with Gasteiger partial charge in [0.15, 0.2) is 0 Å². The molecule has 1 aromatic rings. The van der Waals surface area contributed by atoms with Crippen molar-refractivity contribution in [3.63, 3.8) is 0 Å². The molecule has 1 radical (unpaired) electrons. The molecule has 0 aliphatic rings. The zero-order valence-corrected chi connectivity index (χ0v) is 9.91. The standard InChI is InChI=1S/C11H16NO2S/c1-10(2)12(15(13)14)9-8-11-6-4-3-5-7-11/h4-7,10,15H,8-9H2,1-2H3. The first-order chi connectivity index (χ1) is 7.11. The second-order valence-corrected chi connectivity index (χ2v) is 4.64. The van der Waals surface area contributed by atoms with Crippen LogP contribution < -0.4 is 0 Å². The van der Waals surface area contributed by atoms with Gasteiger partial charge >= 0.3 is 0 Å². The normalized spacial score (nSPS) is 11.5. The maximum absolute atomic E-state index is 10.9. The number of nitrogens with zero attached hydrogens (tertiary/aromatic N) is 1. The topological polar surface area (TPSA) is 37.4 Å². The fourth-order valence-electron chi connectivity index (χ4n) is 1.36. The lowest BCUT2D eigenvalue weighted by Crippen LogP contribution is -2.31. The third-order valence-electron chi connectivity index (χ3n) is 2.22. The van der Waals surface area contributed by atoms with Crippen LogP contribution in [0.2, 0.25) is 0 Å². The average molecular weight is 226 g/mol. The monoisotopic (exact) mass is 226 g/mol. The summed E-state index contributed by atoms with van der Waals surface area (Å²) in [5.74, 6) is 0. The lowest BCUT2D eigenvalue weighted by molar-refractivity contribution is 0.369. The van der Waals surface area contributed by atoms with E-state index in [0.29, 0.717) is 6.54 Å². The van der Waals surface area contributed by atoms with Crippen molar-refractivity contribution in [1.82, 2.24) is 4.31 Å². The first-order valence-electron chi connectivity index (χ1n) is 4.97. The quantitative estimate of drug-likeness (QED) is 0.768. The van der Waals surface area contributed by atoms with Gasteiger partial charge in [-0.1, -0.05) is 24.3 Å². The van der Waals surface area contributed by atoms with Crippen LogP contribution in [-0.2, 0) is 17.3 Å². The van der Waals surface area contributed by atoms with Gasteiger partial charge in [-0.3, -0.25) is 0 Å². The Hall–Kier alpha value is -0.870. The van der Waals surface area contributed by atoms with Crippen molar-refractivity contribution in [1.29, 1.82) is 0 Å². The van der Waals surface area contributed by atoms with Crippen LogP contribution in [0, 0.1) is 6.07 Å². The van der Waals surface area contributed by atoms with Gasteiger partial charge in [0.25, 0.3) is 0 Å². The Balaban J connectivity index is 2.55. The first kappa shape index (κ1) is 12.2. The molecule has 0 amide bonds. The van der Waals surface area contributed by atoms with Crippen molar-refractivity contribution >= 4 is 10.9 Å². The molecule has 0 aliphatic carbocycles. The summed E-state index contributed by atoms with van der Waals surface area (Å²) >= 11 is 0. The van der Waals surface area contributed by atoms with Crippen LogP contribution in [0.5, 0.6) is 0 Å². The molecule has 1 aromatic carbocycles. The summed E-state index contributed by atoms with van der Waals surface area (Å²) in [7, 11) is -2.47. The second kappa shape index (κ2) is 5.88. The first-order valence-corrected chi connectivity index (χ1v) is 6.10. The average Bonchev–Trinajstić information content (AvgIpc) is 2.18. The lowest BCUT2D eigenvalue weighted by Gasteiger charge is -2.18. The molecular formula is C11H16NO2S. The molecule has 0 spiro atoms. The van der Waals surface area contributed by atoms with Gasteiger partial charge in [-0.15, -0.1) is 0 Å². The molecule has 0 N–H and O–H groups in total. The Morgan fingerprint density at radius 3 is 2.40 bits per heavy atom. The fraction of sp³-hybridized carbons (Fsp3) is 0.455. The molecule has 0 aliphatic heterocycles. The zero-order valence-electron chi connectivity index (χ0n) is 9.01. The molecule has 0 saturated carbocycles. The van der Waals surface area contributed by atoms with E-state index in [0.717, 1.165) is 12.0 Å². The molecule has 0 bridgehead atoms. The molecule has 83 valence electrons. The van der Waals surface area contributed by atoms with Crippen LogP contribution in [0.4, 0.5) is 0 Å². The molecule has 0 atom stereocenters. The van der Waals surface area contributed by atoms with E-state index in [4.69, 9.17) is 0 Å². The largest absolute Gasteiger partial charge is 0.215 e. The SMILES string of the molecule is CC(C)N(CCc1cc[c]cc1)[SH](=O)=O. The van der Waals surface area contributed by atoms with Crippen molar-refractivity contribution in [2.24, 2.45) is 0 Å². The second-order valence-electron chi connectivity index (χ2n) is 3.65. The van der Waals surface area contributed by atoms with E-state index in [9.17, 15) is 8.42 Å². The van der Waals surface area contributed by atoms with E-state index >= 15 is 0 Å². The highest BCUT2D eigenvalue weighted by Gasteiger charge is 2.10. The van der Waals surface area contributed by atoms with Gasteiger partial charge < -0.3 is 0 Å². The van der Waals surface area contributed by atoms with E-state index in [1.54, 1.807) is 0 Å². The van der Waals surface area contributed by atoms with Crippen LogP contribution in [0.1, 0.15) is 19.4 Å². The van der Waals surface area contributed by atoms with Crippen molar-refractivity contribution in [2.75, 3.05) is 6.54 Å². The Kier molecular flexibility index (Phi) is 4.78. The van der Waals surface area contributed by atoms with E-state index in [1.807, 2.05) is 38.1 Å². The van der Waals surface area contributed by atoms with E-state index < -0.39 is 10.9 Å². The van der Waals surface area contributed by atoms with Crippen LogP contribution in [0.25, 0.3) is 0 Å². The van der Waals surface area contributed by atoms with Gasteiger partial charge in [-0.25, -0.2) is 12.7 Å². The Labute approximate surface area is 92.8 Å². The van der Waals surface area contributed by atoms with Gasteiger partial charge in [-0.2, -0.15) is 0 Å². The van der Waals surface area contributed by atoms with Gasteiger partial charge in [0.1, 0.15) is 0 Å².